The number of hydrogen-bond donors (Lipinski definition) is 1. The Morgan fingerprint density at radius 2 is 1.79 bits per heavy atom. The molecule has 0 fully saturated rings. The van der Waals surface area contributed by atoms with E-state index in [2.05, 4.69) is 15.4 Å². The fraction of sp³-hybridized carbons (Fsp3) is 0.318. The Balaban J connectivity index is 1.97. The van der Waals surface area contributed by atoms with Crippen LogP contribution in [0, 0.1) is 12.3 Å². The lowest BCUT2D eigenvalue weighted by Crippen LogP contribution is -2.27. The lowest BCUT2D eigenvalue weighted by molar-refractivity contribution is -0.123. The van der Waals surface area contributed by atoms with Crippen molar-refractivity contribution < 1.29 is 9.53 Å². The number of hydrogen-bond acceptors (Lipinski definition) is 4. The van der Waals surface area contributed by atoms with Gasteiger partial charge >= 0.3 is 6.01 Å². The quantitative estimate of drug-likeness (QED) is 0.703. The van der Waals surface area contributed by atoms with E-state index in [1.807, 2.05) is 83.1 Å². The van der Waals surface area contributed by atoms with Gasteiger partial charge in [-0.1, -0.05) is 45.0 Å². The van der Waals surface area contributed by atoms with Gasteiger partial charge in [0.05, 0.1) is 12.3 Å². The predicted molar refractivity (Wildman–Crippen MR) is 111 cm³/mol. The van der Waals surface area contributed by atoms with Crippen LogP contribution in [0.15, 0.2) is 48.5 Å². The fourth-order valence-electron chi connectivity index (χ4n) is 2.67. The summed E-state index contributed by atoms with van der Waals surface area (Å²) >= 11 is 0. The number of aryl methyl sites for hydroxylation is 1. The highest BCUT2D eigenvalue weighted by molar-refractivity contribution is 5.94. The van der Waals surface area contributed by atoms with Crippen LogP contribution >= 0.6 is 0 Å². The van der Waals surface area contributed by atoms with Gasteiger partial charge in [0.1, 0.15) is 0 Å². The fourth-order valence-corrected chi connectivity index (χ4v) is 2.67. The summed E-state index contributed by atoms with van der Waals surface area (Å²) in [6.45, 7) is 10.1. The van der Waals surface area contributed by atoms with Crippen molar-refractivity contribution in [2.45, 2.75) is 34.6 Å². The molecule has 0 aliphatic heterocycles. The summed E-state index contributed by atoms with van der Waals surface area (Å²) in [6, 6.07) is 15.9. The van der Waals surface area contributed by atoms with Crippen LogP contribution in [0.3, 0.4) is 0 Å². The molecular weight excluding hydrogens is 352 g/mol. The number of nitrogens with zero attached hydrogens (tertiary/aromatic N) is 3. The first-order chi connectivity index (χ1) is 13.3. The van der Waals surface area contributed by atoms with Gasteiger partial charge in [-0.25, -0.2) is 4.68 Å². The molecule has 1 amide bonds. The molecule has 1 N–H and O–H groups in total. The molecule has 6 heteroatoms. The van der Waals surface area contributed by atoms with Crippen LogP contribution in [-0.2, 0) is 4.79 Å². The number of nitrogens with one attached hydrogen (secondary N) is 1. The van der Waals surface area contributed by atoms with Crippen molar-refractivity contribution >= 4 is 11.6 Å². The van der Waals surface area contributed by atoms with Gasteiger partial charge in [0.15, 0.2) is 5.82 Å². The minimum atomic E-state index is -0.449. The Kier molecular flexibility index (Phi) is 5.49. The molecule has 0 spiro atoms. The largest absolute Gasteiger partial charge is 0.463 e. The van der Waals surface area contributed by atoms with Gasteiger partial charge in [0.25, 0.3) is 0 Å². The van der Waals surface area contributed by atoms with Crippen molar-refractivity contribution in [2.75, 3.05) is 11.9 Å². The van der Waals surface area contributed by atoms with E-state index in [0.29, 0.717) is 18.4 Å². The molecule has 3 rings (SSSR count). The maximum atomic E-state index is 12.2. The Morgan fingerprint density at radius 3 is 2.39 bits per heavy atom. The number of ether oxygens (including phenoxy) is 1. The van der Waals surface area contributed by atoms with Crippen LogP contribution in [0.25, 0.3) is 17.1 Å². The van der Waals surface area contributed by atoms with Crippen LogP contribution in [0.4, 0.5) is 5.69 Å². The van der Waals surface area contributed by atoms with Gasteiger partial charge in [-0.3, -0.25) is 4.79 Å². The third-order valence-corrected chi connectivity index (χ3v) is 4.30. The van der Waals surface area contributed by atoms with Gasteiger partial charge in [-0.05, 0) is 43.7 Å². The summed E-state index contributed by atoms with van der Waals surface area (Å²) < 4.78 is 7.29. The topological polar surface area (TPSA) is 69.0 Å². The molecule has 0 aliphatic rings. The normalized spacial score (nSPS) is 11.3. The number of carbonyl (C=O) groups excluding carboxylic acids is 1. The lowest BCUT2D eigenvalue weighted by atomic mass is 9.95. The first-order valence-corrected chi connectivity index (χ1v) is 9.37. The number of anilines is 1. The van der Waals surface area contributed by atoms with E-state index in [-0.39, 0.29) is 5.91 Å². The minimum Gasteiger partial charge on any atom is -0.463 e. The summed E-state index contributed by atoms with van der Waals surface area (Å²) in [5.41, 5.74) is 3.23. The third-order valence-electron chi connectivity index (χ3n) is 4.30. The van der Waals surface area contributed by atoms with Gasteiger partial charge < -0.3 is 10.1 Å². The molecule has 3 aromatic rings. The molecule has 2 aromatic carbocycles. The Hall–Kier alpha value is -3.15. The van der Waals surface area contributed by atoms with E-state index in [9.17, 15) is 4.79 Å². The van der Waals surface area contributed by atoms with Crippen molar-refractivity contribution in [2.24, 2.45) is 5.41 Å². The van der Waals surface area contributed by atoms with Crippen molar-refractivity contribution in [1.82, 2.24) is 14.8 Å². The first kappa shape index (κ1) is 19.6. The van der Waals surface area contributed by atoms with E-state index in [1.165, 1.54) is 0 Å². The number of benzene rings is 2. The standard InChI is InChI=1S/C22H26N4O2/c1-6-28-21-24-19(18-10-8-7-9-15(18)2)26(25-21)17-13-11-16(12-14-17)23-20(27)22(3,4)5/h7-14H,6H2,1-5H3,(H,23,27). The maximum absolute atomic E-state index is 12.2. The van der Waals surface area contributed by atoms with Gasteiger partial charge in [-0.2, -0.15) is 4.98 Å². The Bertz CT molecular complexity index is 969. The summed E-state index contributed by atoms with van der Waals surface area (Å²) in [5.74, 6) is 0.688. The van der Waals surface area contributed by atoms with Crippen molar-refractivity contribution in [1.29, 1.82) is 0 Å². The van der Waals surface area contributed by atoms with E-state index >= 15 is 0 Å². The Labute approximate surface area is 165 Å². The number of amides is 1. The molecule has 1 heterocycles. The minimum absolute atomic E-state index is 0.0276. The summed E-state index contributed by atoms with van der Waals surface area (Å²) in [7, 11) is 0. The van der Waals surface area contributed by atoms with Gasteiger partial charge in [0.2, 0.25) is 5.91 Å². The molecule has 1 aromatic heterocycles. The second kappa shape index (κ2) is 7.84. The monoisotopic (exact) mass is 378 g/mol. The molecule has 146 valence electrons. The molecule has 0 unspecified atom stereocenters. The second-order valence-electron chi connectivity index (χ2n) is 7.63. The average Bonchev–Trinajstić information content (AvgIpc) is 3.06. The average molecular weight is 378 g/mol. The highest BCUT2D eigenvalue weighted by atomic mass is 16.5. The molecule has 28 heavy (non-hydrogen) atoms. The van der Waals surface area contributed by atoms with Crippen LogP contribution in [0.1, 0.15) is 33.3 Å². The van der Waals surface area contributed by atoms with E-state index in [1.54, 1.807) is 4.68 Å². The smallest absolute Gasteiger partial charge is 0.336 e. The van der Waals surface area contributed by atoms with Crippen LogP contribution in [0.2, 0.25) is 0 Å². The molecule has 6 nitrogen and oxygen atoms in total. The van der Waals surface area contributed by atoms with E-state index < -0.39 is 5.41 Å². The molecular formula is C22H26N4O2. The molecule has 0 atom stereocenters. The van der Waals surface area contributed by atoms with Gasteiger partial charge in [0, 0.05) is 16.7 Å². The lowest BCUT2D eigenvalue weighted by Gasteiger charge is -2.17. The van der Waals surface area contributed by atoms with Crippen LogP contribution in [0.5, 0.6) is 6.01 Å². The number of carbonyl (C=O) groups is 1. The predicted octanol–water partition coefficient (Wildman–Crippen LogP) is 4.63. The van der Waals surface area contributed by atoms with Crippen LogP contribution < -0.4 is 10.1 Å². The molecule has 0 saturated carbocycles. The maximum Gasteiger partial charge on any atom is 0.336 e. The van der Waals surface area contributed by atoms with Crippen LogP contribution in [-0.4, -0.2) is 27.3 Å². The Morgan fingerprint density at radius 1 is 1.11 bits per heavy atom. The zero-order chi connectivity index (χ0) is 20.3. The highest BCUT2D eigenvalue weighted by Crippen LogP contribution is 2.27. The summed E-state index contributed by atoms with van der Waals surface area (Å²) in [4.78, 5) is 16.8. The molecule has 0 saturated heterocycles. The summed E-state index contributed by atoms with van der Waals surface area (Å²) in [6.07, 6.45) is 0. The van der Waals surface area contributed by atoms with Crippen molar-refractivity contribution in [3.63, 3.8) is 0 Å². The number of aromatic nitrogens is 3. The van der Waals surface area contributed by atoms with Crippen molar-refractivity contribution in [3.05, 3.63) is 54.1 Å². The first-order valence-electron chi connectivity index (χ1n) is 9.37. The SMILES string of the molecule is CCOc1nc(-c2ccccc2C)n(-c2ccc(NC(=O)C(C)(C)C)cc2)n1. The third kappa shape index (κ3) is 4.22. The highest BCUT2D eigenvalue weighted by Gasteiger charge is 2.21. The zero-order valence-corrected chi connectivity index (χ0v) is 17.0. The van der Waals surface area contributed by atoms with Gasteiger partial charge in [-0.15, -0.1) is 5.10 Å². The second-order valence-corrected chi connectivity index (χ2v) is 7.63. The zero-order valence-electron chi connectivity index (χ0n) is 17.0. The van der Waals surface area contributed by atoms with Crippen molar-refractivity contribution in [3.8, 4) is 23.1 Å². The molecule has 0 bridgehead atoms. The van der Waals surface area contributed by atoms with E-state index in [4.69, 9.17) is 4.74 Å². The molecule has 0 aliphatic carbocycles. The number of rotatable bonds is 5. The van der Waals surface area contributed by atoms with E-state index in [0.717, 1.165) is 22.5 Å². The molecule has 0 radical (unpaired) electrons. The summed E-state index contributed by atoms with van der Waals surface area (Å²) in [5, 5.41) is 7.45.